The predicted molar refractivity (Wildman–Crippen MR) is 46.4 cm³/mol. The van der Waals surface area contributed by atoms with Gasteiger partial charge in [0.25, 0.3) is 0 Å². The summed E-state index contributed by atoms with van der Waals surface area (Å²) in [6.07, 6.45) is 0.0321. The van der Waals surface area contributed by atoms with Crippen LogP contribution in [0.4, 0.5) is 0 Å². The van der Waals surface area contributed by atoms with Crippen LogP contribution in [0.3, 0.4) is 0 Å². The SMILES string of the molecule is O=[N+]([O-])/C(Cc1ccccc1)=N\O. The average Bonchev–Trinajstić information content (AvgIpc) is 2.15. The molecule has 0 bridgehead atoms. The number of nitro groups is 1. The van der Waals surface area contributed by atoms with Crippen molar-refractivity contribution in [2.45, 2.75) is 6.42 Å². The van der Waals surface area contributed by atoms with Crippen LogP contribution in [-0.2, 0) is 6.42 Å². The molecule has 1 aromatic rings. The number of hydrogen-bond acceptors (Lipinski definition) is 4. The minimum atomic E-state index is -0.701. The van der Waals surface area contributed by atoms with Crippen LogP contribution in [0.1, 0.15) is 5.56 Å². The molecule has 68 valence electrons. The second-order valence-electron chi connectivity index (χ2n) is 2.44. The van der Waals surface area contributed by atoms with E-state index in [1.807, 2.05) is 6.07 Å². The van der Waals surface area contributed by atoms with Gasteiger partial charge in [0.1, 0.15) is 0 Å². The molecule has 1 aromatic carbocycles. The van der Waals surface area contributed by atoms with E-state index >= 15 is 0 Å². The Labute approximate surface area is 74.5 Å². The Morgan fingerprint density at radius 3 is 2.54 bits per heavy atom. The summed E-state index contributed by atoms with van der Waals surface area (Å²) in [4.78, 5) is 9.55. The third-order valence-electron chi connectivity index (χ3n) is 1.53. The third-order valence-corrected chi connectivity index (χ3v) is 1.53. The van der Waals surface area contributed by atoms with Crippen LogP contribution >= 0.6 is 0 Å². The van der Waals surface area contributed by atoms with Gasteiger partial charge in [-0.3, -0.25) is 0 Å². The van der Waals surface area contributed by atoms with E-state index in [1.54, 1.807) is 24.3 Å². The summed E-state index contributed by atoms with van der Waals surface area (Å²) in [6, 6.07) is 8.81. The number of nitrogens with zero attached hydrogens (tertiary/aromatic N) is 2. The van der Waals surface area contributed by atoms with Crippen molar-refractivity contribution in [3.8, 4) is 0 Å². The van der Waals surface area contributed by atoms with Gasteiger partial charge in [0.05, 0.1) is 6.42 Å². The second kappa shape index (κ2) is 4.20. The minimum Gasteiger partial charge on any atom is -0.358 e. The lowest BCUT2D eigenvalue weighted by Crippen LogP contribution is -2.14. The van der Waals surface area contributed by atoms with Crippen molar-refractivity contribution in [2.75, 3.05) is 0 Å². The zero-order chi connectivity index (χ0) is 9.68. The first kappa shape index (κ1) is 9.18. The predicted octanol–water partition coefficient (Wildman–Crippen LogP) is 1.29. The Balaban J connectivity index is 2.74. The van der Waals surface area contributed by atoms with Crippen LogP contribution in [0.5, 0.6) is 0 Å². The standard InChI is InChI=1S/C8H8N2O3/c11-9-8(10(12)13)6-7-4-2-1-3-5-7/h1-5,11H,6H2/b9-8-. The molecular formula is C8H8N2O3. The van der Waals surface area contributed by atoms with Gasteiger partial charge >= 0.3 is 5.84 Å². The van der Waals surface area contributed by atoms with Gasteiger partial charge in [-0.1, -0.05) is 30.3 Å². The second-order valence-corrected chi connectivity index (χ2v) is 2.44. The fraction of sp³-hybridized carbons (Fsp3) is 0.125. The van der Waals surface area contributed by atoms with E-state index in [4.69, 9.17) is 5.21 Å². The van der Waals surface area contributed by atoms with E-state index < -0.39 is 10.8 Å². The summed E-state index contributed by atoms with van der Waals surface area (Å²) in [5.74, 6) is -0.453. The first-order valence-electron chi connectivity index (χ1n) is 3.63. The van der Waals surface area contributed by atoms with Gasteiger partial charge in [0, 0.05) is 0 Å². The average molecular weight is 180 g/mol. The number of hydrogen-bond donors (Lipinski definition) is 1. The number of amidine groups is 1. The molecule has 1 N–H and O–H groups in total. The van der Waals surface area contributed by atoms with E-state index in [1.165, 1.54) is 0 Å². The fourth-order valence-electron chi connectivity index (χ4n) is 0.915. The Hall–Kier alpha value is -1.91. The van der Waals surface area contributed by atoms with Crippen LogP contribution in [0.2, 0.25) is 0 Å². The summed E-state index contributed by atoms with van der Waals surface area (Å²) >= 11 is 0. The molecule has 0 aliphatic heterocycles. The van der Waals surface area contributed by atoms with Crippen molar-refractivity contribution >= 4 is 5.84 Å². The Bertz CT molecular complexity index is 321. The van der Waals surface area contributed by atoms with E-state index in [0.29, 0.717) is 0 Å². The molecule has 0 fully saturated rings. The van der Waals surface area contributed by atoms with E-state index in [2.05, 4.69) is 5.16 Å². The maximum absolute atomic E-state index is 10.2. The van der Waals surface area contributed by atoms with Crippen molar-refractivity contribution in [3.05, 3.63) is 46.0 Å². The monoisotopic (exact) mass is 180 g/mol. The molecule has 0 unspecified atom stereocenters. The molecular weight excluding hydrogens is 172 g/mol. The quantitative estimate of drug-likeness (QED) is 0.245. The Morgan fingerprint density at radius 2 is 2.08 bits per heavy atom. The van der Waals surface area contributed by atoms with Gasteiger partial charge < -0.3 is 15.3 Å². The molecule has 0 spiro atoms. The van der Waals surface area contributed by atoms with Crippen LogP contribution < -0.4 is 0 Å². The largest absolute Gasteiger partial charge is 0.389 e. The van der Waals surface area contributed by atoms with Crippen LogP contribution in [-0.4, -0.2) is 16.0 Å². The number of benzene rings is 1. The fourth-order valence-corrected chi connectivity index (χ4v) is 0.915. The highest BCUT2D eigenvalue weighted by Gasteiger charge is 2.13. The first-order chi connectivity index (χ1) is 6.24. The Kier molecular flexibility index (Phi) is 2.97. The van der Waals surface area contributed by atoms with Crippen LogP contribution in [0.25, 0.3) is 0 Å². The lowest BCUT2D eigenvalue weighted by atomic mass is 10.1. The van der Waals surface area contributed by atoms with Crippen molar-refractivity contribution in [1.29, 1.82) is 0 Å². The highest BCUT2D eigenvalue weighted by atomic mass is 16.6. The number of oxime groups is 1. The first-order valence-corrected chi connectivity index (χ1v) is 3.63. The molecule has 0 heterocycles. The molecule has 5 nitrogen and oxygen atoms in total. The topological polar surface area (TPSA) is 75.7 Å². The smallest absolute Gasteiger partial charge is 0.358 e. The maximum Gasteiger partial charge on any atom is 0.389 e. The molecule has 1 rings (SSSR count). The van der Waals surface area contributed by atoms with Gasteiger partial charge in [-0.15, -0.1) is 0 Å². The van der Waals surface area contributed by atoms with Crippen molar-refractivity contribution < 1.29 is 10.1 Å². The van der Waals surface area contributed by atoms with Crippen molar-refractivity contribution in [3.63, 3.8) is 0 Å². The third kappa shape index (κ3) is 2.55. The highest BCUT2D eigenvalue weighted by molar-refractivity contribution is 5.75. The molecule has 5 heteroatoms. The molecule has 0 aliphatic rings. The van der Waals surface area contributed by atoms with Crippen LogP contribution in [0, 0.1) is 10.1 Å². The van der Waals surface area contributed by atoms with Crippen LogP contribution in [0.15, 0.2) is 35.5 Å². The molecule has 0 saturated carbocycles. The maximum atomic E-state index is 10.2. The van der Waals surface area contributed by atoms with Gasteiger partial charge in [-0.05, 0) is 10.5 Å². The summed E-state index contributed by atoms with van der Waals surface area (Å²) in [6.45, 7) is 0. The minimum absolute atomic E-state index is 0.0321. The van der Waals surface area contributed by atoms with Crippen molar-refractivity contribution in [2.24, 2.45) is 5.16 Å². The van der Waals surface area contributed by atoms with E-state index in [0.717, 1.165) is 5.56 Å². The summed E-state index contributed by atoms with van der Waals surface area (Å²) in [5, 5.41) is 21.2. The highest BCUT2D eigenvalue weighted by Crippen LogP contribution is 2.01. The zero-order valence-electron chi connectivity index (χ0n) is 6.75. The molecule has 13 heavy (non-hydrogen) atoms. The van der Waals surface area contributed by atoms with Gasteiger partial charge in [-0.25, -0.2) is 0 Å². The zero-order valence-corrected chi connectivity index (χ0v) is 6.75. The molecule has 0 aliphatic carbocycles. The molecule has 0 amide bonds. The summed E-state index contributed by atoms with van der Waals surface area (Å²) < 4.78 is 0. The molecule has 0 aromatic heterocycles. The van der Waals surface area contributed by atoms with E-state index in [9.17, 15) is 10.1 Å². The summed E-state index contributed by atoms with van der Waals surface area (Å²) in [5.41, 5.74) is 0.743. The van der Waals surface area contributed by atoms with E-state index in [-0.39, 0.29) is 6.42 Å². The van der Waals surface area contributed by atoms with Gasteiger partial charge in [0.15, 0.2) is 5.16 Å². The van der Waals surface area contributed by atoms with Gasteiger partial charge in [-0.2, -0.15) is 0 Å². The molecule has 0 atom stereocenters. The van der Waals surface area contributed by atoms with Gasteiger partial charge in [0.2, 0.25) is 0 Å². The Morgan fingerprint density at radius 1 is 1.46 bits per heavy atom. The lowest BCUT2D eigenvalue weighted by molar-refractivity contribution is -0.354. The molecule has 0 saturated heterocycles. The number of rotatable bonds is 2. The lowest BCUT2D eigenvalue weighted by Gasteiger charge is -1.96. The molecule has 0 radical (unpaired) electrons. The van der Waals surface area contributed by atoms with Crippen molar-refractivity contribution in [1.82, 2.24) is 0 Å². The normalized spacial score (nSPS) is 11.2. The summed E-state index contributed by atoms with van der Waals surface area (Å²) in [7, 11) is 0.